The van der Waals surface area contributed by atoms with E-state index in [2.05, 4.69) is 58.0 Å². The van der Waals surface area contributed by atoms with Crippen LogP contribution in [0.2, 0.25) is 0 Å². The van der Waals surface area contributed by atoms with Gasteiger partial charge in [-0.15, -0.1) is 0 Å². The smallest absolute Gasteiger partial charge is 0.0520 e. The van der Waals surface area contributed by atoms with Crippen molar-refractivity contribution in [3.63, 3.8) is 0 Å². The summed E-state index contributed by atoms with van der Waals surface area (Å²) >= 11 is 0. The minimum absolute atomic E-state index is 0.221. The Morgan fingerprint density at radius 3 is 2.35 bits per heavy atom. The van der Waals surface area contributed by atoms with Crippen molar-refractivity contribution >= 4 is 0 Å². The number of hydrogen-bond donors (Lipinski definition) is 0. The van der Waals surface area contributed by atoms with E-state index in [9.17, 15) is 0 Å². The highest BCUT2D eigenvalue weighted by Crippen LogP contribution is 2.22. The van der Waals surface area contributed by atoms with Crippen molar-refractivity contribution in [3.05, 3.63) is 35.9 Å². The highest BCUT2D eigenvalue weighted by atomic mass is 16.5. The van der Waals surface area contributed by atoms with Crippen LogP contribution in [0.25, 0.3) is 0 Å². The molecule has 17 heavy (non-hydrogen) atoms. The molecular weight excluding hydrogens is 208 g/mol. The van der Waals surface area contributed by atoms with Crippen LogP contribution in [0, 0.1) is 11.3 Å². The maximum absolute atomic E-state index is 5.78. The second-order valence-corrected chi connectivity index (χ2v) is 6.06. The Morgan fingerprint density at radius 1 is 1.12 bits per heavy atom. The van der Waals surface area contributed by atoms with Gasteiger partial charge in [-0.3, -0.25) is 0 Å². The Kier molecular flexibility index (Phi) is 5.70. The van der Waals surface area contributed by atoms with Crippen molar-refractivity contribution in [1.29, 1.82) is 0 Å². The average Bonchev–Trinajstić information content (AvgIpc) is 2.25. The number of ether oxygens (including phenoxy) is 1. The lowest BCUT2D eigenvalue weighted by molar-refractivity contribution is 0.0562. The van der Waals surface area contributed by atoms with Crippen LogP contribution < -0.4 is 0 Å². The minimum atomic E-state index is 0.221. The first-order valence-electron chi connectivity index (χ1n) is 6.61. The van der Waals surface area contributed by atoms with E-state index < -0.39 is 0 Å². The van der Waals surface area contributed by atoms with Crippen LogP contribution in [0.3, 0.4) is 0 Å². The molecule has 0 unspecified atom stereocenters. The maximum atomic E-state index is 5.78. The molecule has 0 N–H and O–H groups in total. The second kappa shape index (κ2) is 6.80. The molecule has 1 heteroatoms. The van der Waals surface area contributed by atoms with Crippen LogP contribution in [0.4, 0.5) is 0 Å². The van der Waals surface area contributed by atoms with Gasteiger partial charge in [0.15, 0.2) is 0 Å². The zero-order chi connectivity index (χ0) is 12.7. The standard InChI is InChI=1S/C16H26O/c1-14(2)10-11-17-13-16(3,4)12-15-8-6-5-7-9-15/h5-9,14H,10-13H2,1-4H3. The van der Waals surface area contributed by atoms with Gasteiger partial charge in [0.1, 0.15) is 0 Å². The van der Waals surface area contributed by atoms with E-state index in [-0.39, 0.29) is 5.41 Å². The summed E-state index contributed by atoms with van der Waals surface area (Å²) in [7, 11) is 0. The van der Waals surface area contributed by atoms with E-state index in [1.54, 1.807) is 0 Å². The van der Waals surface area contributed by atoms with E-state index in [0.717, 1.165) is 32.0 Å². The van der Waals surface area contributed by atoms with E-state index >= 15 is 0 Å². The summed E-state index contributed by atoms with van der Waals surface area (Å²) in [6.07, 6.45) is 2.23. The van der Waals surface area contributed by atoms with Gasteiger partial charge in [-0.1, -0.05) is 58.0 Å². The SMILES string of the molecule is CC(C)CCOCC(C)(C)Cc1ccccc1. The Morgan fingerprint density at radius 2 is 1.76 bits per heavy atom. The highest BCUT2D eigenvalue weighted by molar-refractivity contribution is 5.16. The molecule has 0 aliphatic rings. The van der Waals surface area contributed by atoms with Gasteiger partial charge in [0.05, 0.1) is 6.61 Å². The Hall–Kier alpha value is -0.820. The monoisotopic (exact) mass is 234 g/mol. The predicted octanol–water partition coefficient (Wildman–Crippen LogP) is 4.32. The molecule has 0 bridgehead atoms. The highest BCUT2D eigenvalue weighted by Gasteiger charge is 2.18. The topological polar surface area (TPSA) is 9.23 Å². The quantitative estimate of drug-likeness (QED) is 0.638. The third-order valence-corrected chi connectivity index (χ3v) is 2.86. The summed E-state index contributed by atoms with van der Waals surface area (Å²) in [6.45, 7) is 10.7. The Labute approximate surface area is 106 Å². The molecule has 0 heterocycles. The average molecular weight is 234 g/mol. The molecule has 0 aliphatic heterocycles. The summed E-state index contributed by atoms with van der Waals surface area (Å²) in [5.41, 5.74) is 1.61. The molecule has 0 aromatic heterocycles. The Balaban J connectivity index is 2.31. The van der Waals surface area contributed by atoms with Gasteiger partial charge in [0.25, 0.3) is 0 Å². The summed E-state index contributed by atoms with van der Waals surface area (Å²) in [5, 5.41) is 0. The van der Waals surface area contributed by atoms with Crippen LogP contribution in [-0.2, 0) is 11.2 Å². The van der Waals surface area contributed by atoms with Crippen LogP contribution in [0.1, 0.15) is 39.7 Å². The molecule has 0 fully saturated rings. The maximum Gasteiger partial charge on any atom is 0.0520 e. The van der Waals surface area contributed by atoms with Crippen molar-refractivity contribution in [3.8, 4) is 0 Å². The molecule has 1 aromatic carbocycles. The zero-order valence-electron chi connectivity index (χ0n) is 11.7. The van der Waals surface area contributed by atoms with Crippen LogP contribution in [0.5, 0.6) is 0 Å². The molecule has 0 radical (unpaired) electrons. The molecular formula is C16H26O. The molecule has 1 rings (SSSR count). The van der Waals surface area contributed by atoms with E-state index in [1.165, 1.54) is 5.56 Å². The van der Waals surface area contributed by atoms with Gasteiger partial charge < -0.3 is 4.74 Å². The fourth-order valence-electron chi connectivity index (χ4n) is 1.87. The fraction of sp³-hybridized carbons (Fsp3) is 0.625. The van der Waals surface area contributed by atoms with Crippen molar-refractivity contribution in [2.75, 3.05) is 13.2 Å². The third kappa shape index (κ3) is 6.48. The van der Waals surface area contributed by atoms with Crippen molar-refractivity contribution in [2.24, 2.45) is 11.3 Å². The zero-order valence-corrected chi connectivity index (χ0v) is 11.7. The number of rotatable bonds is 7. The van der Waals surface area contributed by atoms with Crippen molar-refractivity contribution < 1.29 is 4.74 Å². The third-order valence-electron chi connectivity index (χ3n) is 2.86. The first kappa shape index (κ1) is 14.2. The summed E-state index contributed by atoms with van der Waals surface area (Å²) in [6, 6.07) is 10.7. The van der Waals surface area contributed by atoms with Crippen molar-refractivity contribution in [1.82, 2.24) is 0 Å². The lowest BCUT2D eigenvalue weighted by Crippen LogP contribution is -2.22. The predicted molar refractivity (Wildman–Crippen MR) is 74.2 cm³/mol. The van der Waals surface area contributed by atoms with Gasteiger partial charge in [0.2, 0.25) is 0 Å². The van der Waals surface area contributed by atoms with Gasteiger partial charge in [0, 0.05) is 6.61 Å². The van der Waals surface area contributed by atoms with Crippen molar-refractivity contribution in [2.45, 2.75) is 40.5 Å². The minimum Gasteiger partial charge on any atom is -0.381 e. The molecule has 0 spiro atoms. The number of benzene rings is 1. The molecule has 0 amide bonds. The van der Waals surface area contributed by atoms with Crippen LogP contribution in [0.15, 0.2) is 30.3 Å². The first-order chi connectivity index (χ1) is 7.99. The molecule has 0 aliphatic carbocycles. The normalized spacial score (nSPS) is 12.1. The Bertz CT molecular complexity index is 301. The lowest BCUT2D eigenvalue weighted by atomic mass is 9.87. The lowest BCUT2D eigenvalue weighted by Gasteiger charge is -2.24. The van der Waals surface area contributed by atoms with Gasteiger partial charge >= 0.3 is 0 Å². The molecule has 1 aromatic rings. The van der Waals surface area contributed by atoms with Gasteiger partial charge in [-0.25, -0.2) is 0 Å². The molecule has 0 atom stereocenters. The summed E-state index contributed by atoms with van der Waals surface area (Å²) in [5.74, 6) is 0.729. The molecule has 0 saturated carbocycles. The molecule has 96 valence electrons. The van der Waals surface area contributed by atoms with E-state index in [1.807, 2.05) is 0 Å². The van der Waals surface area contributed by atoms with Crippen LogP contribution >= 0.6 is 0 Å². The first-order valence-corrected chi connectivity index (χ1v) is 6.61. The van der Waals surface area contributed by atoms with Crippen LogP contribution in [-0.4, -0.2) is 13.2 Å². The molecule has 1 nitrogen and oxygen atoms in total. The van der Waals surface area contributed by atoms with Gasteiger partial charge in [-0.2, -0.15) is 0 Å². The van der Waals surface area contributed by atoms with Gasteiger partial charge in [-0.05, 0) is 29.7 Å². The summed E-state index contributed by atoms with van der Waals surface area (Å²) in [4.78, 5) is 0. The van der Waals surface area contributed by atoms with E-state index in [0.29, 0.717) is 0 Å². The second-order valence-electron chi connectivity index (χ2n) is 6.06. The largest absolute Gasteiger partial charge is 0.381 e. The summed E-state index contributed by atoms with van der Waals surface area (Å²) < 4.78 is 5.78. The van der Waals surface area contributed by atoms with E-state index in [4.69, 9.17) is 4.74 Å². The molecule has 0 saturated heterocycles. The fourth-order valence-corrected chi connectivity index (χ4v) is 1.87. The number of hydrogen-bond acceptors (Lipinski definition) is 1.